The molecule has 0 amide bonds. The zero-order valence-corrected chi connectivity index (χ0v) is 27.4. The highest BCUT2D eigenvalue weighted by molar-refractivity contribution is 7.53. The minimum Gasteiger partial charge on any atom is -0.395 e. The summed E-state index contributed by atoms with van der Waals surface area (Å²) < 4.78 is 19.4. The first kappa shape index (κ1) is 38.8. The maximum atomic E-state index is 12.9. The Morgan fingerprint density at radius 3 is 1.77 bits per heavy atom. The van der Waals surface area contributed by atoms with Crippen molar-refractivity contribution in [1.29, 1.82) is 0 Å². The van der Waals surface area contributed by atoms with Gasteiger partial charge < -0.3 is 19.6 Å². The molecule has 3 N–H and O–H groups in total. The van der Waals surface area contributed by atoms with Crippen LogP contribution in [-0.4, -0.2) is 65.3 Å². The zero-order chi connectivity index (χ0) is 29.5. The number of quaternary nitrogens is 1. The third-order valence-corrected chi connectivity index (χ3v) is 9.67. The minimum atomic E-state index is -4.12. The Hall–Kier alpha value is -0.230. The van der Waals surface area contributed by atoms with Crippen molar-refractivity contribution in [2.24, 2.45) is 0 Å². The Labute approximate surface area is 242 Å². The van der Waals surface area contributed by atoms with Crippen molar-refractivity contribution >= 4 is 7.60 Å². The minimum absolute atomic E-state index is 0.256. The van der Waals surface area contributed by atoms with Crippen LogP contribution >= 0.6 is 7.60 Å². The molecule has 0 aliphatic rings. The van der Waals surface area contributed by atoms with E-state index < -0.39 is 25.6 Å². The van der Waals surface area contributed by atoms with Gasteiger partial charge in [-0.2, -0.15) is 0 Å². The highest BCUT2D eigenvalue weighted by Gasteiger charge is 2.40. The standard InChI is InChI=1S/C32H66NO5P/c1-6-8-9-10-11-12-13-14-15-16-17-18-19-20-22-25-28-32(35,7-2)38-39(36,37)31(30-34)27-24-21-23-26-29-33(3,4)5/h14-15,31,34-35H,6-13,16-30H2,1-5H3/p+1/b15-14-. The normalized spacial score (nSPS) is 16.4. The molecule has 0 aromatic rings. The van der Waals surface area contributed by atoms with Gasteiger partial charge in [-0.15, -0.1) is 0 Å². The summed E-state index contributed by atoms with van der Waals surface area (Å²) in [5.41, 5.74) is -0.839. The molecule has 0 radical (unpaired) electrons. The summed E-state index contributed by atoms with van der Waals surface area (Å²) in [6, 6.07) is 0. The summed E-state index contributed by atoms with van der Waals surface area (Å²) in [5.74, 6) is -1.61. The molecule has 234 valence electrons. The molecule has 0 aromatic carbocycles. The molecule has 0 rings (SSSR count). The second-order valence-corrected chi connectivity index (χ2v) is 14.7. The highest BCUT2D eigenvalue weighted by Crippen LogP contribution is 2.53. The Morgan fingerprint density at radius 1 is 0.769 bits per heavy atom. The molecule has 0 aromatic heterocycles. The molecule has 39 heavy (non-hydrogen) atoms. The molecular formula is C32H67NO5P+. The Balaban J connectivity index is 4.06. The van der Waals surface area contributed by atoms with E-state index >= 15 is 0 Å². The SMILES string of the molecule is CCCCCCCC/C=C\CCCCCCCCC(O)(CC)OP(=O)(O)C(CO)CCCCCC[N+](C)(C)C. The number of allylic oxidation sites excluding steroid dienone is 2. The van der Waals surface area contributed by atoms with Gasteiger partial charge in [0.05, 0.1) is 40.0 Å². The first-order valence-electron chi connectivity index (χ1n) is 16.3. The van der Waals surface area contributed by atoms with Crippen molar-refractivity contribution in [3.05, 3.63) is 12.2 Å². The summed E-state index contributed by atoms with van der Waals surface area (Å²) in [6.07, 6.45) is 26.6. The second-order valence-electron chi connectivity index (χ2n) is 12.7. The Bertz CT molecular complexity index is 637. The van der Waals surface area contributed by atoms with Crippen molar-refractivity contribution in [2.45, 2.75) is 160 Å². The molecule has 7 heteroatoms. The van der Waals surface area contributed by atoms with Gasteiger partial charge in [0, 0.05) is 6.42 Å². The molecule has 6 nitrogen and oxygen atoms in total. The number of hydrogen-bond donors (Lipinski definition) is 3. The van der Waals surface area contributed by atoms with E-state index in [1.807, 2.05) is 0 Å². The maximum Gasteiger partial charge on any atom is 0.335 e. The predicted octanol–water partition coefficient (Wildman–Crippen LogP) is 8.73. The maximum absolute atomic E-state index is 12.9. The molecular weight excluding hydrogens is 509 g/mol. The molecule has 3 atom stereocenters. The number of hydrogen-bond acceptors (Lipinski definition) is 4. The van der Waals surface area contributed by atoms with Crippen LogP contribution in [-0.2, 0) is 9.09 Å². The van der Waals surface area contributed by atoms with Gasteiger partial charge in [0.15, 0.2) is 5.79 Å². The van der Waals surface area contributed by atoms with E-state index in [-0.39, 0.29) is 6.42 Å². The molecule has 0 saturated carbocycles. The van der Waals surface area contributed by atoms with Crippen molar-refractivity contribution in [3.63, 3.8) is 0 Å². The molecule has 0 bridgehead atoms. The number of unbranched alkanes of at least 4 members (excludes halogenated alkanes) is 15. The lowest BCUT2D eigenvalue weighted by atomic mass is 10.0. The molecule has 3 unspecified atom stereocenters. The van der Waals surface area contributed by atoms with Gasteiger partial charge in [-0.1, -0.05) is 96.6 Å². The van der Waals surface area contributed by atoms with E-state index in [9.17, 15) is 19.7 Å². The quantitative estimate of drug-likeness (QED) is 0.0285. The van der Waals surface area contributed by atoms with Crippen LogP contribution in [0.15, 0.2) is 12.2 Å². The summed E-state index contributed by atoms with van der Waals surface area (Å²) in [5, 5.41) is 20.7. The van der Waals surface area contributed by atoms with Crippen LogP contribution in [0.3, 0.4) is 0 Å². The third kappa shape index (κ3) is 23.1. The van der Waals surface area contributed by atoms with Gasteiger partial charge in [0.25, 0.3) is 0 Å². The van der Waals surface area contributed by atoms with E-state index in [2.05, 4.69) is 40.2 Å². The van der Waals surface area contributed by atoms with Crippen LogP contribution in [0.4, 0.5) is 0 Å². The molecule has 0 saturated heterocycles. The lowest BCUT2D eigenvalue weighted by Gasteiger charge is -2.32. The van der Waals surface area contributed by atoms with Crippen molar-refractivity contribution in [1.82, 2.24) is 0 Å². The Kier molecular flexibility index (Phi) is 23.2. The average molecular weight is 577 g/mol. The van der Waals surface area contributed by atoms with E-state index in [1.54, 1.807) is 6.92 Å². The van der Waals surface area contributed by atoms with Crippen LogP contribution < -0.4 is 0 Å². The number of aliphatic hydroxyl groups is 2. The van der Waals surface area contributed by atoms with E-state index in [0.717, 1.165) is 62.4 Å². The van der Waals surface area contributed by atoms with Crippen LogP contribution in [0.25, 0.3) is 0 Å². The largest absolute Gasteiger partial charge is 0.395 e. The lowest BCUT2D eigenvalue weighted by Crippen LogP contribution is -2.35. The lowest BCUT2D eigenvalue weighted by molar-refractivity contribution is -0.870. The number of nitrogens with zero attached hydrogens (tertiary/aromatic N) is 1. The van der Waals surface area contributed by atoms with E-state index in [0.29, 0.717) is 12.8 Å². The Morgan fingerprint density at radius 2 is 1.26 bits per heavy atom. The first-order valence-corrected chi connectivity index (χ1v) is 18.0. The molecule has 0 heterocycles. The van der Waals surface area contributed by atoms with Gasteiger partial charge in [0.1, 0.15) is 0 Å². The van der Waals surface area contributed by atoms with Gasteiger partial charge in [-0.25, -0.2) is 0 Å². The molecule has 0 aliphatic heterocycles. The van der Waals surface area contributed by atoms with Crippen LogP contribution in [0.5, 0.6) is 0 Å². The van der Waals surface area contributed by atoms with Gasteiger partial charge in [0.2, 0.25) is 0 Å². The fraction of sp³-hybridized carbons (Fsp3) is 0.938. The second kappa shape index (κ2) is 23.3. The van der Waals surface area contributed by atoms with Crippen LogP contribution in [0.1, 0.15) is 149 Å². The fourth-order valence-corrected chi connectivity index (χ4v) is 6.50. The van der Waals surface area contributed by atoms with Crippen LogP contribution in [0, 0.1) is 0 Å². The molecule has 0 aliphatic carbocycles. The topological polar surface area (TPSA) is 87.0 Å². The average Bonchev–Trinajstić information content (AvgIpc) is 2.87. The third-order valence-electron chi connectivity index (χ3n) is 7.72. The highest BCUT2D eigenvalue weighted by atomic mass is 31.2. The molecule has 0 fully saturated rings. The zero-order valence-electron chi connectivity index (χ0n) is 26.5. The van der Waals surface area contributed by atoms with Gasteiger partial charge in [-0.3, -0.25) is 9.09 Å². The van der Waals surface area contributed by atoms with Crippen molar-refractivity contribution in [3.8, 4) is 0 Å². The van der Waals surface area contributed by atoms with Crippen molar-refractivity contribution < 1.29 is 28.7 Å². The fourth-order valence-electron chi connectivity index (χ4n) is 4.93. The van der Waals surface area contributed by atoms with Crippen LogP contribution in [0.2, 0.25) is 0 Å². The summed E-state index contributed by atoms with van der Waals surface area (Å²) in [4.78, 5) is 10.6. The first-order chi connectivity index (χ1) is 18.5. The smallest absolute Gasteiger partial charge is 0.335 e. The van der Waals surface area contributed by atoms with E-state index in [4.69, 9.17) is 4.52 Å². The molecule has 0 spiro atoms. The summed E-state index contributed by atoms with van der Waals surface area (Å²) in [6.45, 7) is 4.74. The van der Waals surface area contributed by atoms with Crippen molar-refractivity contribution in [2.75, 3.05) is 34.3 Å². The monoisotopic (exact) mass is 576 g/mol. The summed E-state index contributed by atoms with van der Waals surface area (Å²) >= 11 is 0. The number of rotatable bonds is 28. The predicted molar refractivity (Wildman–Crippen MR) is 167 cm³/mol. The van der Waals surface area contributed by atoms with Gasteiger partial charge in [-0.05, 0) is 57.8 Å². The van der Waals surface area contributed by atoms with Gasteiger partial charge >= 0.3 is 7.60 Å². The van der Waals surface area contributed by atoms with E-state index in [1.165, 1.54) is 64.2 Å². The number of aliphatic hydroxyl groups excluding tert-OH is 1. The summed E-state index contributed by atoms with van der Waals surface area (Å²) in [7, 11) is 2.40.